The van der Waals surface area contributed by atoms with Crippen molar-refractivity contribution in [1.29, 1.82) is 10.5 Å². The first-order chi connectivity index (χ1) is 24.9. The molecule has 0 amide bonds. The van der Waals surface area contributed by atoms with Gasteiger partial charge in [-0.05, 0) is 104 Å². The third-order valence-electron chi connectivity index (χ3n) is 9.34. The van der Waals surface area contributed by atoms with Gasteiger partial charge in [0.05, 0.1) is 11.1 Å². The highest BCUT2D eigenvalue weighted by molar-refractivity contribution is 6.03. The number of nitrogens with zero attached hydrogens (tertiary/aromatic N) is 2. The zero-order valence-corrected chi connectivity index (χ0v) is 30.8. The van der Waals surface area contributed by atoms with E-state index in [0.29, 0.717) is 22.3 Å². The molecule has 0 radical (unpaired) electrons. The van der Waals surface area contributed by atoms with Crippen molar-refractivity contribution < 1.29 is 0 Å². The Morgan fingerprint density at radius 1 is 0.365 bits per heavy atom. The summed E-state index contributed by atoms with van der Waals surface area (Å²) in [6.45, 7) is 13.3. The van der Waals surface area contributed by atoms with Crippen LogP contribution in [-0.4, -0.2) is 0 Å². The number of rotatable bonds is 8. The minimum absolute atomic E-state index is 0.126. The molecule has 6 rings (SSSR count). The van der Waals surface area contributed by atoms with Crippen molar-refractivity contribution >= 4 is 33.9 Å². The minimum Gasteiger partial charge on any atom is -0.356 e. The van der Waals surface area contributed by atoms with Gasteiger partial charge in [-0.1, -0.05) is 139 Å². The van der Waals surface area contributed by atoms with E-state index in [9.17, 15) is 10.5 Å². The molecule has 256 valence electrons. The van der Waals surface area contributed by atoms with Crippen LogP contribution in [0.2, 0.25) is 0 Å². The topological polar surface area (TPSA) is 71.6 Å². The molecule has 0 fully saturated rings. The molecule has 0 aromatic heterocycles. The highest BCUT2D eigenvalue weighted by Gasteiger charge is 2.15. The molecule has 0 aliphatic rings. The summed E-state index contributed by atoms with van der Waals surface area (Å²) in [6.07, 6.45) is 0. The van der Waals surface area contributed by atoms with E-state index >= 15 is 0 Å². The van der Waals surface area contributed by atoms with Crippen LogP contribution in [0.15, 0.2) is 146 Å². The molecule has 0 saturated carbocycles. The lowest BCUT2D eigenvalue weighted by Gasteiger charge is -2.19. The van der Waals surface area contributed by atoms with Gasteiger partial charge < -0.3 is 10.6 Å². The Bertz CT molecular complexity index is 2080. The zero-order valence-electron chi connectivity index (χ0n) is 30.8. The van der Waals surface area contributed by atoms with Crippen molar-refractivity contribution in [3.05, 3.63) is 168 Å². The summed E-state index contributed by atoms with van der Waals surface area (Å²) in [4.78, 5) is 0. The number of hydrogen-bond donors (Lipinski definition) is 2. The second-order valence-electron chi connectivity index (χ2n) is 15.2. The van der Waals surface area contributed by atoms with Crippen LogP contribution in [-0.2, 0) is 10.8 Å². The van der Waals surface area contributed by atoms with Crippen molar-refractivity contribution in [2.24, 2.45) is 0 Å². The van der Waals surface area contributed by atoms with Crippen molar-refractivity contribution in [3.8, 4) is 34.4 Å². The van der Waals surface area contributed by atoms with Gasteiger partial charge in [0, 0.05) is 22.7 Å². The third kappa shape index (κ3) is 8.32. The van der Waals surface area contributed by atoms with Crippen LogP contribution in [0.4, 0.5) is 22.7 Å². The van der Waals surface area contributed by atoms with E-state index in [0.717, 1.165) is 33.9 Å². The fourth-order valence-electron chi connectivity index (χ4n) is 6.12. The van der Waals surface area contributed by atoms with Crippen LogP contribution in [0.1, 0.15) is 63.8 Å². The first-order valence-corrected chi connectivity index (χ1v) is 17.6. The summed E-state index contributed by atoms with van der Waals surface area (Å²) in [7, 11) is 0. The van der Waals surface area contributed by atoms with Gasteiger partial charge >= 0.3 is 0 Å². The fourth-order valence-corrected chi connectivity index (χ4v) is 6.12. The van der Waals surface area contributed by atoms with E-state index in [1.165, 1.54) is 22.3 Å². The van der Waals surface area contributed by atoms with E-state index in [1.807, 2.05) is 48.5 Å². The summed E-state index contributed by atoms with van der Waals surface area (Å²) >= 11 is 0. The summed E-state index contributed by atoms with van der Waals surface area (Å²) in [6, 6.07) is 54.0. The lowest BCUT2D eigenvalue weighted by Crippen LogP contribution is -2.10. The quantitative estimate of drug-likeness (QED) is 0.124. The molecule has 2 N–H and O–H groups in total. The average Bonchev–Trinajstić information content (AvgIpc) is 3.15. The molecule has 0 aliphatic carbocycles. The predicted molar refractivity (Wildman–Crippen MR) is 219 cm³/mol. The second kappa shape index (κ2) is 14.9. The maximum absolute atomic E-state index is 10.1. The average molecular weight is 677 g/mol. The largest absolute Gasteiger partial charge is 0.356 e. The molecule has 0 saturated heterocycles. The monoisotopic (exact) mass is 676 g/mol. The number of benzene rings is 6. The maximum atomic E-state index is 10.1. The minimum atomic E-state index is 0.126. The van der Waals surface area contributed by atoms with Gasteiger partial charge in [0.25, 0.3) is 0 Å². The van der Waals surface area contributed by atoms with Gasteiger partial charge in [-0.3, -0.25) is 0 Å². The molecule has 0 atom stereocenters. The normalized spacial score (nSPS) is 11.9. The molecule has 0 bridgehead atoms. The summed E-state index contributed by atoms with van der Waals surface area (Å²) in [5.41, 5.74) is 13.3. The van der Waals surface area contributed by atoms with Gasteiger partial charge in [-0.25, -0.2) is 0 Å². The molecule has 0 aliphatic heterocycles. The Labute approximate surface area is 308 Å². The van der Waals surface area contributed by atoms with Crippen molar-refractivity contribution in [2.45, 2.75) is 52.4 Å². The Kier molecular flexibility index (Phi) is 10.1. The second-order valence-corrected chi connectivity index (χ2v) is 15.2. The van der Waals surface area contributed by atoms with Gasteiger partial charge in [0.2, 0.25) is 0 Å². The highest BCUT2D eigenvalue weighted by Crippen LogP contribution is 2.32. The molecule has 4 nitrogen and oxygen atoms in total. The molecule has 0 spiro atoms. The van der Waals surface area contributed by atoms with Crippen LogP contribution in [0.25, 0.3) is 33.4 Å². The van der Waals surface area contributed by atoms with Crippen LogP contribution in [0.3, 0.4) is 0 Å². The van der Waals surface area contributed by atoms with Crippen LogP contribution in [0.5, 0.6) is 0 Å². The number of hydrogen-bond acceptors (Lipinski definition) is 4. The van der Waals surface area contributed by atoms with Crippen LogP contribution in [0, 0.1) is 22.7 Å². The number of allylic oxidation sites excluding steroid dienone is 2. The Morgan fingerprint density at radius 2 is 0.596 bits per heavy atom. The van der Waals surface area contributed by atoms with Gasteiger partial charge in [-0.2, -0.15) is 10.5 Å². The predicted octanol–water partition coefficient (Wildman–Crippen LogP) is 13.1. The lowest BCUT2D eigenvalue weighted by atomic mass is 9.86. The van der Waals surface area contributed by atoms with E-state index in [-0.39, 0.29) is 10.8 Å². The van der Waals surface area contributed by atoms with E-state index in [4.69, 9.17) is 0 Å². The maximum Gasteiger partial charge on any atom is 0.101 e. The molecule has 6 aromatic rings. The molecule has 0 heterocycles. The van der Waals surface area contributed by atoms with Crippen molar-refractivity contribution in [2.75, 3.05) is 10.6 Å². The first kappa shape index (κ1) is 35.5. The van der Waals surface area contributed by atoms with Gasteiger partial charge in [0.1, 0.15) is 12.1 Å². The summed E-state index contributed by atoms with van der Waals surface area (Å²) in [5, 5.41) is 27.2. The summed E-state index contributed by atoms with van der Waals surface area (Å²) in [5.74, 6) is 0. The summed E-state index contributed by atoms with van der Waals surface area (Å²) < 4.78 is 0. The Balaban J connectivity index is 1.11. The third-order valence-corrected chi connectivity index (χ3v) is 9.34. The SMILES string of the molecule is CC(C)(C)c1ccc(-c2ccc(Nc3ccc(/C(C#N)=C(\C#N)c4ccc(Nc5ccc(-c6ccc(C(C)(C)C)cc6)cc5)cc4)cc3)cc2)cc1. The van der Waals surface area contributed by atoms with Crippen LogP contribution >= 0.6 is 0 Å². The molecular formula is C48H44N4. The number of anilines is 4. The van der Waals surface area contributed by atoms with E-state index in [1.54, 1.807) is 0 Å². The van der Waals surface area contributed by atoms with E-state index < -0.39 is 0 Å². The van der Waals surface area contributed by atoms with E-state index in [2.05, 4.69) is 161 Å². The van der Waals surface area contributed by atoms with Crippen molar-refractivity contribution in [1.82, 2.24) is 0 Å². The highest BCUT2D eigenvalue weighted by atomic mass is 14.9. The van der Waals surface area contributed by atoms with Gasteiger partial charge in [0.15, 0.2) is 0 Å². The number of nitrogens with one attached hydrogen (secondary N) is 2. The Morgan fingerprint density at radius 3 is 0.827 bits per heavy atom. The molecular weight excluding hydrogens is 633 g/mol. The molecule has 4 heteroatoms. The lowest BCUT2D eigenvalue weighted by molar-refractivity contribution is 0.590. The van der Waals surface area contributed by atoms with Crippen LogP contribution < -0.4 is 10.6 Å². The number of nitriles is 2. The zero-order chi connectivity index (χ0) is 36.9. The molecule has 0 unspecified atom stereocenters. The van der Waals surface area contributed by atoms with Crippen molar-refractivity contribution in [3.63, 3.8) is 0 Å². The Hall–Kier alpha value is -6.36. The first-order valence-electron chi connectivity index (χ1n) is 17.6. The van der Waals surface area contributed by atoms with Gasteiger partial charge in [-0.15, -0.1) is 0 Å². The fraction of sp³-hybridized carbons (Fsp3) is 0.167. The standard InChI is InChI=1S/C48H44N4/c1-47(2,3)39-19-7-33(8-20-39)35-11-23-41(24-12-35)51-43-27-15-37(16-28-43)45(31-49)46(32-50)38-17-29-44(30-18-38)52-42-25-13-36(14-26-42)34-9-21-40(22-10-34)48(4,5)6/h7-30,51-52H,1-6H3/b46-45+. The molecule has 52 heavy (non-hydrogen) atoms. The smallest absolute Gasteiger partial charge is 0.101 e. The molecule has 6 aromatic carbocycles.